The lowest BCUT2D eigenvalue weighted by atomic mass is 9.85. The van der Waals surface area contributed by atoms with E-state index in [4.69, 9.17) is 18.9 Å². The minimum Gasteiger partial charge on any atom is -0.497 e. The molecule has 0 spiro atoms. The van der Waals surface area contributed by atoms with Gasteiger partial charge in [0.15, 0.2) is 17.3 Å². The Labute approximate surface area is 215 Å². The minimum absolute atomic E-state index is 0.346. The fraction of sp³-hybridized carbons (Fsp3) is 0.276. The van der Waals surface area contributed by atoms with Crippen molar-refractivity contribution in [1.29, 1.82) is 0 Å². The van der Waals surface area contributed by atoms with Gasteiger partial charge in [-0.3, -0.25) is 19.3 Å². The number of methoxy groups -OCH3 is 3. The Morgan fingerprint density at radius 3 is 2.30 bits per heavy atom. The van der Waals surface area contributed by atoms with Crippen LogP contribution in [0.15, 0.2) is 78.1 Å². The highest BCUT2D eigenvalue weighted by Crippen LogP contribution is 2.43. The van der Waals surface area contributed by atoms with E-state index in [-0.39, 0.29) is 0 Å². The van der Waals surface area contributed by atoms with Crippen LogP contribution in [-0.2, 0) is 19.1 Å². The largest absolute Gasteiger partial charge is 0.497 e. The molecule has 1 heterocycles. The molecule has 2 aliphatic rings. The molecule has 1 saturated heterocycles. The molecule has 0 radical (unpaired) electrons. The Morgan fingerprint density at radius 1 is 0.919 bits per heavy atom. The van der Waals surface area contributed by atoms with Gasteiger partial charge in [0.25, 0.3) is 5.91 Å². The topological polar surface area (TPSA) is 91.4 Å². The van der Waals surface area contributed by atoms with Crippen molar-refractivity contribution in [3.8, 4) is 17.2 Å². The highest BCUT2D eigenvalue weighted by molar-refractivity contribution is 6.49. The number of Topliss-reactive ketones (excluding diaryl/α,β-unsaturated/α-hetero) is 2. The molecule has 8 nitrogen and oxygen atoms in total. The number of hydrogen-bond donors (Lipinski definition) is 0. The number of benzene rings is 2. The van der Waals surface area contributed by atoms with Crippen LogP contribution in [0.25, 0.3) is 0 Å². The van der Waals surface area contributed by atoms with Gasteiger partial charge in [-0.1, -0.05) is 12.1 Å². The summed E-state index contributed by atoms with van der Waals surface area (Å²) in [5.74, 6) is -1.05. The van der Waals surface area contributed by atoms with Gasteiger partial charge in [-0.05, 0) is 73.5 Å². The van der Waals surface area contributed by atoms with Gasteiger partial charge in [0.2, 0.25) is 5.78 Å². The number of hydrogen-bond acceptors (Lipinski definition) is 7. The van der Waals surface area contributed by atoms with Crippen molar-refractivity contribution >= 4 is 23.2 Å². The number of rotatable bonds is 9. The SMILES string of the molecule is CCOC1=CCC=C(C(=O)C2C(=O)C(=O)N(c3ccc(OC)cc3)C2c2ccc(OC)c(OC)c2)C=C1. The Morgan fingerprint density at radius 2 is 1.65 bits per heavy atom. The van der Waals surface area contributed by atoms with Crippen molar-refractivity contribution in [3.63, 3.8) is 0 Å². The molecule has 37 heavy (non-hydrogen) atoms. The van der Waals surface area contributed by atoms with E-state index in [1.807, 2.05) is 13.0 Å². The number of allylic oxidation sites excluding steroid dienone is 5. The summed E-state index contributed by atoms with van der Waals surface area (Å²) < 4.78 is 21.6. The van der Waals surface area contributed by atoms with E-state index in [0.29, 0.717) is 52.9 Å². The minimum atomic E-state index is -1.25. The molecule has 2 unspecified atom stereocenters. The average Bonchev–Trinajstić information content (AvgIpc) is 3.05. The molecular formula is C29H29NO7. The Bertz CT molecular complexity index is 1290. The van der Waals surface area contributed by atoms with E-state index in [1.165, 1.54) is 19.1 Å². The summed E-state index contributed by atoms with van der Waals surface area (Å²) in [5.41, 5.74) is 1.39. The molecule has 1 aliphatic heterocycles. The Balaban J connectivity index is 1.80. The van der Waals surface area contributed by atoms with Gasteiger partial charge in [0.05, 0.1) is 34.0 Å². The van der Waals surface area contributed by atoms with E-state index < -0.39 is 29.4 Å². The van der Waals surface area contributed by atoms with Crippen LogP contribution in [0.3, 0.4) is 0 Å². The van der Waals surface area contributed by atoms with Gasteiger partial charge in [-0.2, -0.15) is 0 Å². The van der Waals surface area contributed by atoms with Crippen molar-refractivity contribution in [2.75, 3.05) is 32.8 Å². The molecule has 0 aromatic heterocycles. The van der Waals surface area contributed by atoms with E-state index >= 15 is 0 Å². The van der Waals surface area contributed by atoms with E-state index in [2.05, 4.69) is 0 Å². The second kappa shape index (κ2) is 11.2. The van der Waals surface area contributed by atoms with Gasteiger partial charge in [0.1, 0.15) is 17.4 Å². The van der Waals surface area contributed by atoms with Crippen LogP contribution in [-0.4, -0.2) is 45.4 Å². The number of ether oxygens (including phenoxy) is 4. The van der Waals surface area contributed by atoms with Crippen LogP contribution in [0.5, 0.6) is 17.2 Å². The second-order valence-electron chi connectivity index (χ2n) is 8.41. The lowest BCUT2D eigenvalue weighted by Gasteiger charge is -2.28. The first-order valence-electron chi connectivity index (χ1n) is 11.9. The summed E-state index contributed by atoms with van der Waals surface area (Å²) in [6.07, 6.45) is 7.40. The van der Waals surface area contributed by atoms with Crippen LogP contribution < -0.4 is 19.1 Å². The molecule has 8 heteroatoms. The van der Waals surface area contributed by atoms with Gasteiger partial charge in [-0.15, -0.1) is 0 Å². The quantitative estimate of drug-likeness (QED) is 0.371. The monoisotopic (exact) mass is 503 g/mol. The van der Waals surface area contributed by atoms with Gasteiger partial charge in [-0.25, -0.2) is 0 Å². The first kappa shape index (κ1) is 25.8. The average molecular weight is 504 g/mol. The summed E-state index contributed by atoms with van der Waals surface area (Å²) >= 11 is 0. The molecule has 4 rings (SSSR count). The third kappa shape index (κ3) is 5.00. The number of anilines is 1. The first-order valence-corrected chi connectivity index (χ1v) is 11.9. The zero-order valence-electron chi connectivity index (χ0n) is 21.2. The maximum Gasteiger partial charge on any atom is 0.295 e. The van der Waals surface area contributed by atoms with Crippen LogP contribution in [0.2, 0.25) is 0 Å². The summed E-state index contributed by atoms with van der Waals surface area (Å²) in [5, 5.41) is 0. The van der Waals surface area contributed by atoms with Crippen molar-refractivity contribution < 1.29 is 33.3 Å². The van der Waals surface area contributed by atoms with Crippen LogP contribution in [0.1, 0.15) is 24.9 Å². The molecule has 0 N–H and O–H groups in total. The number of ketones is 2. The molecule has 2 atom stereocenters. The predicted octanol–water partition coefficient (Wildman–Crippen LogP) is 4.36. The molecule has 192 valence electrons. The second-order valence-corrected chi connectivity index (χ2v) is 8.41. The zero-order chi connectivity index (χ0) is 26.5. The maximum absolute atomic E-state index is 13.9. The third-order valence-electron chi connectivity index (χ3n) is 6.37. The third-order valence-corrected chi connectivity index (χ3v) is 6.37. The Kier molecular flexibility index (Phi) is 7.77. The molecule has 0 saturated carbocycles. The van der Waals surface area contributed by atoms with E-state index in [1.54, 1.807) is 67.8 Å². The summed E-state index contributed by atoms with van der Waals surface area (Å²) in [4.78, 5) is 42.0. The van der Waals surface area contributed by atoms with E-state index in [0.717, 1.165) is 0 Å². The molecule has 1 fully saturated rings. The van der Waals surface area contributed by atoms with Gasteiger partial charge < -0.3 is 18.9 Å². The van der Waals surface area contributed by atoms with Crippen molar-refractivity contribution in [2.45, 2.75) is 19.4 Å². The van der Waals surface area contributed by atoms with Gasteiger partial charge >= 0.3 is 0 Å². The highest BCUT2D eigenvalue weighted by atomic mass is 16.5. The summed E-state index contributed by atoms with van der Waals surface area (Å²) in [6.45, 7) is 2.37. The summed E-state index contributed by atoms with van der Waals surface area (Å²) in [6, 6.07) is 11.0. The predicted molar refractivity (Wildman–Crippen MR) is 138 cm³/mol. The normalized spacial score (nSPS) is 19.2. The lowest BCUT2D eigenvalue weighted by Crippen LogP contribution is -2.30. The first-order chi connectivity index (χ1) is 17.9. The molecule has 0 bridgehead atoms. The fourth-order valence-corrected chi connectivity index (χ4v) is 4.58. The summed E-state index contributed by atoms with van der Waals surface area (Å²) in [7, 11) is 4.56. The highest BCUT2D eigenvalue weighted by Gasteiger charge is 2.52. The van der Waals surface area contributed by atoms with E-state index in [9.17, 15) is 14.4 Å². The van der Waals surface area contributed by atoms with Crippen molar-refractivity contribution in [2.24, 2.45) is 5.92 Å². The standard InChI is InChI=1S/C29H29NO7/c1-5-37-22-8-6-7-18(9-13-22)27(31)25-26(19-10-16-23(35-3)24(17-19)36-4)30(29(33)28(25)32)20-11-14-21(34-2)15-12-20/h7-17,25-26H,5-6H2,1-4H3. The molecule has 1 amide bonds. The molecule has 1 aliphatic carbocycles. The zero-order valence-corrected chi connectivity index (χ0v) is 21.2. The Hall–Kier alpha value is -4.33. The maximum atomic E-state index is 13.9. The fourth-order valence-electron chi connectivity index (χ4n) is 4.58. The van der Waals surface area contributed by atoms with Crippen LogP contribution in [0, 0.1) is 5.92 Å². The molecular weight excluding hydrogens is 474 g/mol. The smallest absolute Gasteiger partial charge is 0.295 e. The number of nitrogens with zero attached hydrogens (tertiary/aromatic N) is 1. The van der Waals surface area contributed by atoms with Gasteiger partial charge in [0, 0.05) is 11.3 Å². The number of amides is 1. The van der Waals surface area contributed by atoms with Crippen LogP contribution >= 0.6 is 0 Å². The van der Waals surface area contributed by atoms with Crippen LogP contribution in [0.4, 0.5) is 5.69 Å². The molecule has 2 aromatic rings. The van der Waals surface area contributed by atoms with Crippen molar-refractivity contribution in [3.05, 3.63) is 83.7 Å². The van der Waals surface area contributed by atoms with Crippen molar-refractivity contribution in [1.82, 2.24) is 0 Å². The number of carbonyl (C=O) groups is 3. The lowest BCUT2D eigenvalue weighted by molar-refractivity contribution is -0.138. The molecule has 2 aromatic carbocycles. The number of carbonyl (C=O) groups excluding carboxylic acids is 3.